The summed E-state index contributed by atoms with van der Waals surface area (Å²) < 4.78 is 0. The van der Waals surface area contributed by atoms with Gasteiger partial charge in [-0.2, -0.15) is 0 Å². The van der Waals surface area contributed by atoms with E-state index < -0.39 is 0 Å². The molecule has 16 heavy (non-hydrogen) atoms. The Balaban J connectivity index is 1.71. The van der Waals surface area contributed by atoms with Crippen LogP contribution in [0.25, 0.3) is 0 Å². The monoisotopic (exact) mass is 217 g/mol. The van der Waals surface area contributed by atoms with Gasteiger partial charge in [0.15, 0.2) is 0 Å². The molecule has 1 aromatic carbocycles. The smallest absolute Gasteiger partial charge is 0.00669 e. The molecule has 1 aromatic rings. The van der Waals surface area contributed by atoms with Crippen molar-refractivity contribution >= 4 is 0 Å². The lowest BCUT2D eigenvalue weighted by atomic mass is 10.0. The molecule has 0 bridgehead atoms. The second kappa shape index (κ2) is 6.05. The molecule has 88 valence electrons. The predicted molar refractivity (Wildman–Crippen MR) is 69.6 cm³/mol. The van der Waals surface area contributed by atoms with Crippen LogP contribution in [0.4, 0.5) is 0 Å². The zero-order valence-electron chi connectivity index (χ0n) is 10.4. The average molecular weight is 217 g/mol. The van der Waals surface area contributed by atoms with E-state index in [4.69, 9.17) is 0 Å². The van der Waals surface area contributed by atoms with E-state index in [1.54, 1.807) is 0 Å². The fourth-order valence-electron chi connectivity index (χ4n) is 2.62. The highest BCUT2D eigenvalue weighted by atomic mass is 15.1. The molecular weight excluding hydrogens is 194 g/mol. The Morgan fingerprint density at radius 1 is 1.19 bits per heavy atom. The standard InChI is InChI=1S/C15H23N/c1-14-8-5-6-12-16(14)13-7-11-15-9-3-2-4-10-15/h2-4,9-10,14H,5-8,11-13H2,1H3. The van der Waals surface area contributed by atoms with Crippen LogP contribution >= 0.6 is 0 Å². The molecule has 1 unspecified atom stereocenters. The number of hydrogen-bond donors (Lipinski definition) is 0. The lowest BCUT2D eigenvalue weighted by Crippen LogP contribution is -2.38. The van der Waals surface area contributed by atoms with Crippen LogP contribution in [0.1, 0.15) is 38.2 Å². The first kappa shape index (κ1) is 11.7. The second-order valence-corrected chi connectivity index (χ2v) is 4.97. The first-order valence-corrected chi connectivity index (χ1v) is 6.64. The molecule has 1 saturated heterocycles. The number of rotatable bonds is 4. The van der Waals surface area contributed by atoms with Gasteiger partial charge in [0.1, 0.15) is 0 Å². The van der Waals surface area contributed by atoms with Crippen molar-refractivity contribution in [2.24, 2.45) is 0 Å². The summed E-state index contributed by atoms with van der Waals surface area (Å²) in [5, 5.41) is 0. The highest BCUT2D eigenvalue weighted by molar-refractivity contribution is 5.14. The van der Waals surface area contributed by atoms with Crippen molar-refractivity contribution in [2.75, 3.05) is 13.1 Å². The van der Waals surface area contributed by atoms with E-state index in [2.05, 4.69) is 42.2 Å². The molecule has 1 atom stereocenters. The fraction of sp³-hybridized carbons (Fsp3) is 0.600. The minimum Gasteiger partial charge on any atom is -0.301 e. The number of likely N-dealkylation sites (tertiary alicyclic amines) is 1. The molecule has 0 aliphatic carbocycles. The van der Waals surface area contributed by atoms with Crippen LogP contribution in [0.5, 0.6) is 0 Å². The third-order valence-electron chi connectivity index (χ3n) is 3.69. The predicted octanol–water partition coefficient (Wildman–Crippen LogP) is 3.49. The second-order valence-electron chi connectivity index (χ2n) is 4.97. The number of benzene rings is 1. The highest BCUT2D eigenvalue weighted by Crippen LogP contribution is 2.16. The van der Waals surface area contributed by atoms with Gasteiger partial charge >= 0.3 is 0 Å². The molecule has 1 fully saturated rings. The van der Waals surface area contributed by atoms with Crippen LogP contribution in [-0.2, 0) is 6.42 Å². The quantitative estimate of drug-likeness (QED) is 0.746. The molecule has 0 N–H and O–H groups in total. The maximum absolute atomic E-state index is 2.66. The SMILES string of the molecule is CC1CCCCN1CCCc1ccccc1. The van der Waals surface area contributed by atoms with Crippen molar-refractivity contribution < 1.29 is 0 Å². The first-order chi connectivity index (χ1) is 7.86. The molecule has 1 heteroatoms. The first-order valence-electron chi connectivity index (χ1n) is 6.64. The van der Waals surface area contributed by atoms with E-state index in [9.17, 15) is 0 Å². The number of hydrogen-bond acceptors (Lipinski definition) is 1. The van der Waals surface area contributed by atoms with Gasteiger partial charge in [0.2, 0.25) is 0 Å². The molecule has 1 nitrogen and oxygen atoms in total. The summed E-state index contributed by atoms with van der Waals surface area (Å²) in [5.74, 6) is 0. The van der Waals surface area contributed by atoms with Gasteiger partial charge in [0, 0.05) is 6.04 Å². The minimum atomic E-state index is 0.810. The van der Waals surface area contributed by atoms with E-state index in [1.165, 1.54) is 50.8 Å². The van der Waals surface area contributed by atoms with Crippen LogP contribution < -0.4 is 0 Å². The molecule has 1 heterocycles. The maximum Gasteiger partial charge on any atom is 0.00669 e. The minimum absolute atomic E-state index is 0.810. The zero-order chi connectivity index (χ0) is 11.2. The third-order valence-corrected chi connectivity index (χ3v) is 3.69. The topological polar surface area (TPSA) is 3.24 Å². The molecule has 0 amide bonds. The Bertz CT molecular complexity index is 294. The highest BCUT2D eigenvalue weighted by Gasteiger charge is 2.16. The van der Waals surface area contributed by atoms with Gasteiger partial charge in [-0.15, -0.1) is 0 Å². The molecule has 0 saturated carbocycles. The number of nitrogens with zero attached hydrogens (tertiary/aromatic N) is 1. The van der Waals surface area contributed by atoms with Crippen molar-refractivity contribution in [3.05, 3.63) is 35.9 Å². The van der Waals surface area contributed by atoms with E-state index in [0.29, 0.717) is 0 Å². The largest absolute Gasteiger partial charge is 0.301 e. The summed E-state index contributed by atoms with van der Waals surface area (Å²) in [4.78, 5) is 2.66. The van der Waals surface area contributed by atoms with Crippen molar-refractivity contribution in [1.82, 2.24) is 4.90 Å². The number of piperidine rings is 1. The average Bonchev–Trinajstić information content (AvgIpc) is 2.33. The maximum atomic E-state index is 2.66. The summed E-state index contributed by atoms with van der Waals surface area (Å²) in [6.45, 7) is 4.97. The van der Waals surface area contributed by atoms with Gasteiger partial charge in [-0.25, -0.2) is 0 Å². The Labute approximate surface area is 99.5 Å². The van der Waals surface area contributed by atoms with E-state index >= 15 is 0 Å². The van der Waals surface area contributed by atoms with Crippen LogP contribution in [0.15, 0.2) is 30.3 Å². The van der Waals surface area contributed by atoms with Crippen molar-refractivity contribution in [3.8, 4) is 0 Å². The Kier molecular flexibility index (Phi) is 4.41. The Morgan fingerprint density at radius 2 is 2.00 bits per heavy atom. The van der Waals surface area contributed by atoms with Crippen molar-refractivity contribution in [2.45, 2.75) is 45.1 Å². The van der Waals surface area contributed by atoms with Gasteiger partial charge in [0.25, 0.3) is 0 Å². The summed E-state index contributed by atoms with van der Waals surface area (Å²) >= 11 is 0. The van der Waals surface area contributed by atoms with Gasteiger partial charge in [-0.3, -0.25) is 0 Å². The molecule has 1 aliphatic rings. The number of aryl methyl sites for hydroxylation is 1. The molecule has 1 aliphatic heterocycles. The summed E-state index contributed by atoms with van der Waals surface area (Å²) in [7, 11) is 0. The molecular formula is C15H23N. The Hall–Kier alpha value is -0.820. The van der Waals surface area contributed by atoms with Crippen LogP contribution in [0.2, 0.25) is 0 Å². The van der Waals surface area contributed by atoms with E-state index in [-0.39, 0.29) is 0 Å². The molecule has 2 rings (SSSR count). The Morgan fingerprint density at radius 3 is 2.75 bits per heavy atom. The summed E-state index contributed by atoms with van der Waals surface area (Å²) in [6.07, 6.45) is 6.75. The van der Waals surface area contributed by atoms with E-state index in [0.717, 1.165) is 6.04 Å². The molecule has 0 aromatic heterocycles. The van der Waals surface area contributed by atoms with Gasteiger partial charge in [0.05, 0.1) is 0 Å². The van der Waals surface area contributed by atoms with Gasteiger partial charge in [-0.1, -0.05) is 36.8 Å². The third kappa shape index (κ3) is 3.34. The normalized spacial score (nSPS) is 22.2. The fourth-order valence-corrected chi connectivity index (χ4v) is 2.62. The van der Waals surface area contributed by atoms with Crippen molar-refractivity contribution in [1.29, 1.82) is 0 Å². The summed E-state index contributed by atoms with van der Waals surface area (Å²) in [6, 6.07) is 11.7. The zero-order valence-corrected chi connectivity index (χ0v) is 10.4. The van der Waals surface area contributed by atoms with E-state index in [1.807, 2.05) is 0 Å². The van der Waals surface area contributed by atoms with Crippen LogP contribution in [-0.4, -0.2) is 24.0 Å². The van der Waals surface area contributed by atoms with Gasteiger partial charge in [-0.05, 0) is 51.3 Å². The lowest BCUT2D eigenvalue weighted by Gasteiger charge is -2.33. The van der Waals surface area contributed by atoms with Gasteiger partial charge < -0.3 is 4.90 Å². The lowest BCUT2D eigenvalue weighted by molar-refractivity contribution is 0.159. The molecule has 0 spiro atoms. The summed E-state index contributed by atoms with van der Waals surface area (Å²) in [5.41, 5.74) is 1.48. The molecule has 0 radical (unpaired) electrons. The van der Waals surface area contributed by atoms with Crippen LogP contribution in [0.3, 0.4) is 0 Å². The van der Waals surface area contributed by atoms with Crippen LogP contribution in [0, 0.1) is 0 Å². The van der Waals surface area contributed by atoms with Crippen molar-refractivity contribution in [3.63, 3.8) is 0 Å².